The number of thiophene rings is 1. The van der Waals surface area contributed by atoms with E-state index < -0.39 is 0 Å². The maximum absolute atomic E-state index is 11.9. The molecule has 0 unspecified atom stereocenters. The zero-order chi connectivity index (χ0) is 11.3. The second-order valence-electron chi connectivity index (χ2n) is 4.29. The van der Waals surface area contributed by atoms with Gasteiger partial charge in [0.05, 0.1) is 10.6 Å². The molecule has 4 nitrogen and oxygen atoms in total. The van der Waals surface area contributed by atoms with Gasteiger partial charge >= 0.3 is 0 Å². The van der Waals surface area contributed by atoms with Crippen LogP contribution in [0, 0.1) is 6.92 Å². The predicted octanol–water partition coefficient (Wildman–Crippen LogP) is 1.84. The Balaban J connectivity index is 1.97. The lowest BCUT2D eigenvalue weighted by Crippen LogP contribution is -2.24. The van der Waals surface area contributed by atoms with Gasteiger partial charge in [-0.25, -0.2) is 0 Å². The van der Waals surface area contributed by atoms with E-state index in [-0.39, 0.29) is 5.91 Å². The third kappa shape index (κ3) is 1.51. The standard InChI is InChI=1S/C11H13N3OS/c1-6-8-5-9(10(15)12-7-3-4-7)16-11(8)14(2)13-6/h5,7H,3-4H2,1-2H3,(H,12,15). The Kier molecular flexibility index (Phi) is 2.04. The number of carbonyl (C=O) groups is 1. The van der Waals surface area contributed by atoms with E-state index in [1.54, 1.807) is 0 Å². The summed E-state index contributed by atoms with van der Waals surface area (Å²) in [6.07, 6.45) is 2.24. The van der Waals surface area contributed by atoms with Crippen LogP contribution in [-0.4, -0.2) is 21.7 Å². The number of aryl methyl sites for hydroxylation is 2. The zero-order valence-electron chi connectivity index (χ0n) is 9.28. The van der Waals surface area contributed by atoms with Gasteiger partial charge in [-0.15, -0.1) is 11.3 Å². The fourth-order valence-corrected chi connectivity index (χ4v) is 2.83. The van der Waals surface area contributed by atoms with Crippen molar-refractivity contribution in [3.63, 3.8) is 0 Å². The fourth-order valence-electron chi connectivity index (χ4n) is 1.80. The van der Waals surface area contributed by atoms with E-state index in [0.717, 1.165) is 33.6 Å². The smallest absolute Gasteiger partial charge is 0.261 e. The summed E-state index contributed by atoms with van der Waals surface area (Å²) >= 11 is 1.51. The van der Waals surface area contributed by atoms with Crippen molar-refractivity contribution < 1.29 is 4.79 Å². The van der Waals surface area contributed by atoms with Crippen LogP contribution in [0.15, 0.2) is 6.07 Å². The van der Waals surface area contributed by atoms with Crippen LogP contribution < -0.4 is 5.32 Å². The van der Waals surface area contributed by atoms with Crippen LogP contribution in [-0.2, 0) is 7.05 Å². The first-order valence-corrected chi connectivity index (χ1v) is 6.21. The van der Waals surface area contributed by atoms with Gasteiger partial charge in [-0.2, -0.15) is 5.10 Å². The lowest BCUT2D eigenvalue weighted by atomic mass is 10.3. The van der Waals surface area contributed by atoms with Crippen molar-refractivity contribution in [2.24, 2.45) is 7.05 Å². The topological polar surface area (TPSA) is 46.9 Å². The van der Waals surface area contributed by atoms with Crippen LogP contribution in [0.25, 0.3) is 10.2 Å². The van der Waals surface area contributed by atoms with Crippen molar-refractivity contribution in [2.45, 2.75) is 25.8 Å². The minimum Gasteiger partial charge on any atom is -0.349 e. The molecular weight excluding hydrogens is 222 g/mol. The molecule has 2 heterocycles. The molecule has 0 spiro atoms. The van der Waals surface area contributed by atoms with Gasteiger partial charge in [-0.3, -0.25) is 9.48 Å². The van der Waals surface area contributed by atoms with E-state index in [9.17, 15) is 4.79 Å². The Morgan fingerprint density at radius 3 is 3.00 bits per heavy atom. The number of nitrogens with zero attached hydrogens (tertiary/aromatic N) is 2. The van der Waals surface area contributed by atoms with Gasteiger partial charge in [0.25, 0.3) is 5.91 Å². The second kappa shape index (κ2) is 3.31. The SMILES string of the molecule is Cc1nn(C)c2sc(C(=O)NC3CC3)cc12. The molecule has 1 aliphatic carbocycles. The van der Waals surface area contributed by atoms with E-state index in [2.05, 4.69) is 10.4 Å². The summed E-state index contributed by atoms with van der Waals surface area (Å²) in [4.78, 5) is 13.7. The molecule has 0 radical (unpaired) electrons. The first-order chi connectivity index (χ1) is 7.65. The molecule has 2 aromatic rings. The van der Waals surface area contributed by atoms with Gasteiger partial charge < -0.3 is 5.32 Å². The number of rotatable bonds is 2. The summed E-state index contributed by atoms with van der Waals surface area (Å²) in [5.74, 6) is 0.0584. The molecule has 1 saturated carbocycles. The lowest BCUT2D eigenvalue weighted by molar-refractivity contribution is 0.0955. The van der Waals surface area contributed by atoms with Crippen molar-refractivity contribution in [1.82, 2.24) is 15.1 Å². The second-order valence-corrected chi connectivity index (χ2v) is 5.32. The molecule has 1 fully saturated rings. The number of amides is 1. The van der Waals surface area contributed by atoms with E-state index in [4.69, 9.17) is 0 Å². The minimum absolute atomic E-state index is 0.0584. The van der Waals surface area contributed by atoms with Crippen LogP contribution >= 0.6 is 11.3 Å². The Morgan fingerprint density at radius 2 is 2.38 bits per heavy atom. The molecule has 0 bridgehead atoms. The molecule has 1 amide bonds. The molecule has 0 saturated heterocycles. The maximum Gasteiger partial charge on any atom is 0.261 e. The number of fused-ring (bicyclic) bond motifs is 1. The third-order valence-corrected chi connectivity index (χ3v) is 4.03. The molecule has 3 rings (SSSR count). The summed E-state index contributed by atoms with van der Waals surface area (Å²) in [5.41, 5.74) is 0.985. The normalized spacial score (nSPS) is 15.6. The molecule has 2 aromatic heterocycles. The van der Waals surface area contributed by atoms with Crippen molar-refractivity contribution in [2.75, 3.05) is 0 Å². The summed E-state index contributed by atoms with van der Waals surface area (Å²) in [6.45, 7) is 1.97. The van der Waals surface area contributed by atoms with Crippen LogP contribution in [0.3, 0.4) is 0 Å². The molecule has 0 aliphatic heterocycles. The third-order valence-electron chi connectivity index (χ3n) is 2.83. The van der Waals surface area contributed by atoms with Crippen LogP contribution in [0.5, 0.6) is 0 Å². The van der Waals surface area contributed by atoms with E-state index in [1.807, 2.05) is 24.7 Å². The zero-order valence-corrected chi connectivity index (χ0v) is 10.1. The first kappa shape index (κ1) is 9.84. The Bertz CT molecular complexity index is 531. The van der Waals surface area contributed by atoms with Gasteiger partial charge in [0.2, 0.25) is 0 Å². The Hall–Kier alpha value is -1.36. The molecule has 84 valence electrons. The number of hydrogen-bond acceptors (Lipinski definition) is 3. The molecule has 1 N–H and O–H groups in total. The van der Waals surface area contributed by atoms with Crippen molar-refractivity contribution in [3.05, 3.63) is 16.6 Å². The lowest BCUT2D eigenvalue weighted by Gasteiger charge is -1.98. The van der Waals surface area contributed by atoms with Crippen LogP contribution in [0.2, 0.25) is 0 Å². The summed E-state index contributed by atoms with van der Waals surface area (Å²) in [5, 5.41) is 8.41. The highest BCUT2D eigenvalue weighted by atomic mass is 32.1. The van der Waals surface area contributed by atoms with Gasteiger partial charge in [-0.05, 0) is 25.8 Å². The summed E-state index contributed by atoms with van der Waals surface area (Å²) in [7, 11) is 1.91. The van der Waals surface area contributed by atoms with Crippen molar-refractivity contribution in [1.29, 1.82) is 0 Å². The highest BCUT2D eigenvalue weighted by molar-refractivity contribution is 7.20. The molecule has 16 heavy (non-hydrogen) atoms. The van der Waals surface area contributed by atoms with Gasteiger partial charge in [0.1, 0.15) is 4.83 Å². The molecule has 1 aliphatic rings. The Morgan fingerprint density at radius 1 is 1.62 bits per heavy atom. The fraction of sp³-hybridized carbons (Fsp3) is 0.455. The highest BCUT2D eigenvalue weighted by Crippen LogP contribution is 2.28. The number of hydrogen-bond donors (Lipinski definition) is 1. The molecule has 0 atom stereocenters. The van der Waals surface area contributed by atoms with Crippen LogP contribution in [0.1, 0.15) is 28.2 Å². The number of carbonyl (C=O) groups excluding carboxylic acids is 1. The molecule has 0 aromatic carbocycles. The first-order valence-electron chi connectivity index (χ1n) is 5.39. The van der Waals surface area contributed by atoms with E-state index in [1.165, 1.54) is 11.3 Å². The number of nitrogens with one attached hydrogen (secondary N) is 1. The van der Waals surface area contributed by atoms with E-state index >= 15 is 0 Å². The summed E-state index contributed by atoms with van der Waals surface area (Å²) in [6, 6.07) is 2.36. The van der Waals surface area contributed by atoms with Gasteiger partial charge in [0.15, 0.2) is 0 Å². The van der Waals surface area contributed by atoms with Gasteiger partial charge in [0, 0.05) is 18.5 Å². The minimum atomic E-state index is 0.0584. The quantitative estimate of drug-likeness (QED) is 0.863. The average molecular weight is 235 g/mol. The van der Waals surface area contributed by atoms with Gasteiger partial charge in [-0.1, -0.05) is 0 Å². The Labute approximate surface area is 97.3 Å². The monoisotopic (exact) mass is 235 g/mol. The largest absolute Gasteiger partial charge is 0.349 e. The highest BCUT2D eigenvalue weighted by Gasteiger charge is 2.25. The predicted molar refractivity (Wildman–Crippen MR) is 63.8 cm³/mol. The average Bonchev–Trinajstić information content (AvgIpc) is 2.86. The number of aromatic nitrogens is 2. The maximum atomic E-state index is 11.9. The van der Waals surface area contributed by atoms with Crippen molar-refractivity contribution >= 4 is 27.5 Å². The molecule has 5 heteroatoms. The molecular formula is C11H13N3OS. The van der Waals surface area contributed by atoms with E-state index in [0.29, 0.717) is 6.04 Å². The van der Waals surface area contributed by atoms with Crippen LogP contribution in [0.4, 0.5) is 0 Å². The summed E-state index contributed by atoms with van der Waals surface area (Å²) < 4.78 is 1.84. The van der Waals surface area contributed by atoms with Crippen molar-refractivity contribution in [3.8, 4) is 0 Å².